The molecule has 0 aliphatic heterocycles. The summed E-state index contributed by atoms with van der Waals surface area (Å²) in [5.41, 5.74) is 0.317. The SMILES string of the molecule is [B]O/N=C(/[B])C. The molecule has 28 valence electrons. The first-order chi connectivity index (χ1) is 2.77. The molecule has 0 N–H and O–H groups in total. The van der Waals surface area contributed by atoms with Gasteiger partial charge < -0.3 is 4.76 Å². The molecule has 0 heterocycles. The Labute approximate surface area is 39.4 Å². The molecule has 0 atom stereocenters. The highest BCUT2D eigenvalue weighted by Gasteiger charge is 1.69. The van der Waals surface area contributed by atoms with Crippen LogP contribution >= 0.6 is 0 Å². The Morgan fingerprint density at radius 1 is 1.83 bits per heavy atom. The Morgan fingerprint density at radius 2 is 2.33 bits per heavy atom. The fourth-order valence-corrected chi connectivity index (χ4v) is 0.0831. The average Bonchev–Trinajstić information content (AvgIpc) is 1.35. The Balaban J connectivity index is 3.14. The molecule has 0 rings (SSSR count). The van der Waals surface area contributed by atoms with Crippen molar-refractivity contribution in [1.29, 1.82) is 0 Å². The smallest absolute Gasteiger partial charge is 0.420 e. The van der Waals surface area contributed by atoms with E-state index in [4.69, 9.17) is 7.85 Å². The van der Waals surface area contributed by atoms with Gasteiger partial charge in [-0.3, -0.25) is 0 Å². The minimum atomic E-state index is 0.317. The van der Waals surface area contributed by atoms with E-state index in [0.717, 1.165) is 0 Å². The number of oxime groups is 1. The maximum Gasteiger partial charge on any atom is 0.420 e. The van der Waals surface area contributed by atoms with Gasteiger partial charge in [-0.05, 0) is 12.5 Å². The van der Waals surface area contributed by atoms with Crippen LogP contribution in [0.25, 0.3) is 0 Å². The van der Waals surface area contributed by atoms with Gasteiger partial charge in [0, 0.05) is 0 Å². The second kappa shape index (κ2) is 2.82. The van der Waals surface area contributed by atoms with Gasteiger partial charge in [-0.2, -0.15) is 0 Å². The lowest BCUT2D eigenvalue weighted by Crippen LogP contribution is -1.87. The fraction of sp³-hybridized carbons (Fsp3) is 0.500. The highest BCUT2D eigenvalue weighted by molar-refractivity contribution is 6.58. The predicted octanol–water partition coefficient (Wildman–Crippen LogP) is -0.412. The zero-order chi connectivity index (χ0) is 4.99. The Morgan fingerprint density at radius 3 is 2.33 bits per heavy atom. The van der Waals surface area contributed by atoms with Crippen LogP contribution in [0, 0.1) is 0 Å². The molecule has 0 aliphatic carbocycles. The van der Waals surface area contributed by atoms with Crippen LogP contribution in [0.1, 0.15) is 6.92 Å². The third-order valence-corrected chi connectivity index (χ3v) is 0.197. The first kappa shape index (κ1) is 5.60. The van der Waals surface area contributed by atoms with E-state index in [9.17, 15) is 0 Å². The van der Waals surface area contributed by atoms with E-state index in [0.29, 0.717) is 5.61 Å². The second-order valence-corrected chi connectivity index (χ2v) is 0.838. The normalized spacial score (nSPS) is 11.2. The van der Waals surface area contributed by atoms with Gasteiger partial charge in [-0.15, -0.1) is 5.16 Å². The summed E-state index contributed by atoms with van der Waals surface area (Å²) < 4.78 is 3.77. The molecule has 4 heteroatoms. The van der Waals surface area contributed by atoms with E-state index in [1.54, 1.807) is 6.92 Å². The molecule has 0 saturated carbocycles. The lowest BCUT2D eigenvalue weighted by molar-refractivity contribution is 0.379. The zero-order valence-corrected chi connectivity index (χ0v) is 3.51. The largest absolute Gasteiger partial charge is 0.481 e. The lowest BCUT2D eigenvalue weighted by Gasteiger charge is -1.84. The van der Waals surface area contributed by atoms with Crippen molar-refractivity contribution in [3.8, 4) is 0 Å². The molecule has 0 spiro atoms. The summed E-state index contributed by atoms with van der Waals surface area (Å²) in [5, 5.41) is 3.10. The van der Waals surface area contributed by atoms with Crippen LogP contribution < -0.4 is 0 Å². The van der Waals surface area contributed by atoms with Crippen LogP contribution in [0.4, 0.5) is 0 Å². The standard InChI is InChI=1S/C2H3B2NO/c1-2(3)5-6-4/h1H3/b5-2+. The van der Waals surface area contributed by atoms with Gasteiger partial charge in [0.25, 0.3) is 0 Å². The van der Waals surface area contributed by atoms with Crippen molar-refractivity contribution in [2.45, 2.75) is 6.92 Å². The quantitative estimate of drug-likeness (QED) is 0.237. The molecular weight excluding hydrogens is 75.7 g/mol. The van der Waals surface area contributed by atoms with Gasteiger partial charge in [0.2, 0.25) is 0 Å². The first-order valence-corrected chi connectivity index (χ1v) is 1.43. The summed E-state index contributed by atoms with van der Waals surface area (Å²) in [7, 11) is 9.41. The van der Waals surface area contributed by atoms with Crippen LogP contribution in [0.3, 0.4) is 0 Å². The van der Waals surface area contributed by atoms with Crippen molar-refractivity contribution in [2.75, 3.05) is 0 Å². The minimum absolute atomic E-state index is 0.317. The van der Waals surface area contributed by atoms with E-state index in [1.165, 1.54) is 0 Å². The molecule has 4 radical (unpaired) electrons. The molecule has 0 saturated heterocycles. The molecular formula is C2H3B2NO. The van der Waals surface area contributed by atoms with Crippen LogP contribution in [0.2, 0.25) is 0 Å². The maximum absolute atomic E-state index is 4.95. The van der Waals surface area contributed by atoms with Crippen molar-refractivity contribution >= 4 is 21.5 Å². The summed E-state index contributed by atoms with van der Waals surface area (Å²) in [4.78, 5) is 0. The van der Waals surface area contributed by atoms with Crippen molar-refractivity contribution < 1.29 is 4.76 Å². The molecule has 0 amide bonds. The van der Waals surface area contributed by atoms with Gasteiger partial charge in [0.05, 0.1) is 0 Å². The molecule has 0 fully saturated rings. The molecule has 2 nitrogen and oxygen atoms in total. The van der Waals surface area contributed by atoms with Crippen molar-refractivity contribution in [3.63, 3.8) is 0 Å². The van der Waals surface area contributed by atoms with E-state index >= 15 is 0 Å². The number of rotatable bonds is 1. The van der Waals surface area contributed by atoms with Gasteiger partial charge in [0.15, 0.2) is 0 Å². The van der Waals surface area contributed by atoms with Gasteiger partial charge >= 0.3 is 8.05 Å². The monoisotopic (exact) mass is 79.0 g/mol. The fourth-order valence-electron chi connectivity index (χ4n) is 0.0831. The van der Waals surface area contributed by atoms with E-state index < -0.39 is 0 Å². The maximum atomic E-state index is 4.95. The third-order valence-electron chi connectivity index (χ3n) is 0.197. The van der Waals surface area contributed by atoms with E-state index in [-0.39, 0.29) is 0 Å². The summed E-state index contributed by atoms with van der Waals surface area (Å²) in [5.74, 6) is 0. The van der Waals surface area contributed by atoms with Crippen LogP contribution in [0.5, 0.6) is 0 Å². The molecule has 0 aromatic heterocycles. The van der Waals surface area contributed by atoms with Crippen molar-refractivity contribution in [2.24, 2.45) is 5.16 Å². The Bertz CT molecular complexity index is 58.6. The Kier molecular flexibility index (Phi) is 2.63. The van der Waals surface area contributed by atoms with Gasteiger partial charge in [-0.1, -0.05) is 0 Å². The van der Waals surface area contributed by atoms with E-state index in [1.807, 2.05) is 0 Å². The number of hydrogen-bond acceptors (Lipinski definition) is 2. The van der Waals surface area contributed by atoms with Crippen LogP contribution in [-0.4, -0.2) is 21.5 Å². The third kappa shape index (κ3) is 3.60. The lowest BCUT2D eigenvalue weighted by atomic mass is 10.1. The molecule has 0 bridgehead atoms. The molecule has 0 aromatic carbocycles. The Hall–Kier alpha value is -0.400. The number of hydrogen-bond donors (Lipinski definition) is 0. The van der Waals surface area contributed by atoms with Crippen molar-refractivity contribution in [3.05, 3.63) is 0 Å². The minimum Gasteiger partial charge on any atom is -0.481 e. The zero-order valence-electron chi connectivity index (χ0n) is 3.51. The second-order valence-electron chi connectivity index (χ2n) is 0.838. The summed E-state index contributed by atoms with van der Waals surface area (Å²) in [6, 6.07) is 0. The average molecular weight is 78.7 g/mol. The first-order valence-electron chi connectivity index (χ1n) is 1.43. The highest BCUT2D eigenvalue weighted by atomic mass is 16.6. The number of nitrogens with zero attached hydrogens (tertiary/aromatic N) is 1. The van der Waals surface area contributed by atoms with Crippen molar-refractivity contribution in [1.82, 2.24) is 0 Å². The van der Waals surface area contributed by atoms with Gasteiger partial charge in [-0.25, -0.2) is 0 Å². The summed E-state index contributed by atoms with van der Waals surface area (Å²) in [6.45, 7) is 1.58. The van der Waals surface area contributed by atoms with Crippen LogP contribution in [0.15, 0.2) is 5.16 Å². The highest BCUT2D eigenvalue weighted by Crippen LogP contribution is 1.65. The summed E-state index contributed by atoms with van der Waals surface area (Å²) >= 11 is 0. The molecule has 0 aliphatic rings. The topological polar surface area (TPSA) is 21.6 Å². The van der Waals surface area contributed by atoms with Crippen LogP contribution in [-0.2, 0) is 4.76 Å². The molecule has 6 heavy (non-hydrogen) atoms. The van der Waals surface area contributed by atoms with E-state index in [2.05, 4.69) is 18.0 Å². The molecule has 0 unspecified atom stereocenters. The van der Waals surface area contributed by atoms with Gasteiger partial charge in [0.1, 0.15) is 7.85 Å². The molecule has 0 aromatic rings. The summed E-state index contributed by atoms with van der Waals surface area (Å²) in [6.07, 6.45) is 0. The predicted molar refractivity (Wildman–Crippen MR) is 25.7 cm³/mol.